The molecule has 0 bridgehead atoms. The van der Waals surface area contributed by atoms with Gasteiger partial charge in [-0.25, -0.2) is 0 Å². The predicted molar refractivity (Wildman–Crippen MR) is 69.7 cm³/mol. The first-order valence-corrected chi connectivity index (χ1v) is 6.13. The Morgan fingerprint density at radius 1 is 1.35 bits per heavy atom. The number of aliphatic carboxylic acids is 1. The van der Waals surface area contributed by atoms with E-state index in [1.54, 1.807) is 30.3 Å². The van der Waals surface area contributed by atoms with Gasteiger partial charge in [0.05, 0.1) is 6.04 Å². The van der Waals surface area contributed by atoms with Crippen molar-refractivity contribution in [3.05, 3.63) is 35.9 Å². The molecule has 0 aliphatic carbocycles. The first-order valence-electron chi connectivity index (χ1n) is 6.13. The molecule has 20 heavy (non-hydrogen) atoms. The summed E-state index contributed by atoms with van der Waals surface area (Å²) in [6, 6.07) is 7.02. The lowest BCUT2D eigenvalue weighted by atomic mass is 9.95. The topological polar surface area (TPSA) is 122 Å². The number of carboxylic acid groups (broad SMARTS) is 1. The highest BCUT2D eigenvalue weighted by molar-refractivity contribution is 6.05. The molecule has 106 valence electrons. The van der Waals surface area contributed by atoms with Crippen LogP contribution in [0.3, 0.4) is 0 Å². The molecular formula is C13H15N3O4. The number of benzene rings is 1. The van der Waals surface area contributed by atoms with Crippen LogP contribution >= 0.6 is 0 Å². The van der Waals surface area contributed by atoms with E-state index in [-0.39, 0.29) is 18.5 Å². The number of hydrogen-bond acceptors (Lipinski definition) is 4. The fourth-order valence-electron chi connectivity index (χ4n) is 2.09. The molecule has 7 nitrogen and oxygen atoms in total. The van der Waals surface area contributed by atoms with Crippen molar-refractivity contribution in [2.24, 2.45) is 5.73 Å². The number of carboxylic acids is 1. The molecule has 1 heterocycles. The van der Waals surface area contributed by atoms with Crippen LogP contribution in [0.25, 0.3) is 0 Å². The second-order valence-corrected chi connectivity index (χ2v) is 4.52. The Morgan fingerprint density at radius 3 is 2.50 bits per heavy atom. The minimum Gasteiger partial charge on any atom is -0.480 e. The second kappa shape index (κ2) is 5.70. The predicted octanol–water partition coefficient (Wildman–Crippen LogP) is -1.20. The van der Waals surface area contributed by atoms with Crippen LogP contribution in [0.4, 0.5) is 0 Å². The third kappa shape index (κ3) is 2.62. The van der Waals surface area contributed by atoms with Gasteiger partial charge in [0.1, 0.15) is 6.04 Å². The van der Waals surface area contributed by atoms with Crippen molar-refractivity contribution < 1.29 is 19.5 Å². The average Bonchev–Trinajstić information content (AvgIpc) is 2.43. The normalized spacial score (nSPS) is 22.4. The van der Waals surface area contributed by atoms with Crippen molar-refractivity contribution in [1.29, 1.82) is 0 Å². The van der Waals surface area contributed by atoms with Crippen molar-refractivity contribution >= 4 is 17.8 Å². The smallest absolute Gasteiger partial charge is 0.320 e. The van der Waals surface area contributed by atoms with Gasteiger partial charge in [-0.2, -0.15) is 0 Å². The number of β-lactam (4-membered cyclic amide) rings is 1. The molecule has 1 aliphatic heterocycles. The summed E-state index contributed by atoms with van der Waals surface area (Å²) in [7, 11) is 0. The minimum absolute atomic E-state index is 0.180. The van der Waals surface area contributed by atoms with Gasteiger partial charge in [0.2, 0.25) is 11.8 Å². The molecule has 1 aromatic rings. The summed E-state index contributed by atoms with van der Waals surface area (Å²) in [5.41, 5.74) is 5.79. The van der Waals surface area contributed by atoms with E-state index in [0.717, 1.165) is 0 Å². The minimum atomic E-state index is -1.34. The fourth-order valence-corrected chi connectivity index (χ4v) is 2.09. The summed E-state index contributed by atoms with van der Waals surface area (Å²) in [4.78, 5) is 34.7. The largest absolute Gasteiger partial charge is 0.480 e. The van der Waals surface area contributed by atoms with Gasteiger partial charge in [-0.1, -0.05) is 30.3 Å². The van der Waals surface area contributed by atoms with Crippen molar-refractivity contribution in [3.8, 4) is 0 Å². The first kappa shape index (κ1) is 14.0. The van der Waals surface area contributed by atoms with Crippen LogP contribution in [0, 0.1) is 0 Å². The first-order chi connectivity index (χ1) is 9.54. The molecule has 1 unspecified atom stereocenters. The van der Waals surface area contributed by atoms with Crippen LogP contribution in [0.2, 0.25) is 0 Å². The Hall–Kier alpha value is -2.41. The number of nitrogens with one attached hydrogen (secondary N) is 2. The lowest BCUT2D eigenvalue weighted by Gasteiger charge is -2.36. The lowest BCUT2D eigenvalue weighted by Crippen LogP contribution is -2.71. The molecule has 7 heteroatoms. The van der Waals surface area contributed by atoms with Crippen LogP contribution in [-0.4, -0.2) is 41.5 Å². The van der Waals surface area contributed by atoms with E-state index in [2.05, 4.69) is 10.6 Å². The van der Waals surface area contributed by atoms with E-state index >= 15 is 0 Å². The highest BCUT2D eigenvalue weighted by Crippen LogP contribution is 2.17. The molecule has 1 aromatic carbocycles. The molecule has 0 aromatic heterocycles. The Bertz CT molecular complexity index is 532. The van der Waals surface area contributed by atoms with Crippen molar-refractivity contribution in [1.82, 2.24) is 10.6 Å². The van der Waals surface area contributed by atoms with Crippen LogP contribution < -0.4 is 16.4 Å². The molecular weight excluding hydrogens is 262 g/mol. The summed E-state index contributed by atoms with van der Waals surface area (Å²) < 4.78 is 0. The summed E-state index contributed by atoms with van der Waals surface area (Å²) >= 11 is 0. The fraction of sp³-hybridized carbons (Fsp3) is 0.308. The SMILES string of the molecule is NC[C@H]1NC(=O)[C@H]1NC(=O)C(C(=O)O)c1ccccc1. The number of carbonyl (C=O) groups is 3. The molecule has 0 saturated carbocycles. The maximum Gasteiger partial charge on any atom is 0.320 e. The van der Waals surface area contributed by atoms with Crippen LogP contribution in [0.15, 0.2) is 30.3 Å². The Kier molecular flexibility index (Phi) is 3.99. The van der Waals surface area contributed by atoms with Gasteiger partial charge in [-0.3, -0.25) is 14.4 Å². The monoisotopic (exact) mass is 277 g/mol. The molecule has 5 N–H and O–H groups in total. The van der Waals surface area contributed by atoms with Crippen molar-refractivity contribution in [2.75, 3.05) is 6.54 Å². The van der Waals surface area contributed by atoms with E-state index in [4.69, 9.17) is 5.73 Å². The summed E-state index contributed by atoms with van der Waals surface area (Å²) in [6.07, 6.45) is 0. The zero-order valence-electron chi connectivity index (χ0n) is 10.6. The van der Waals surface area contributed by atoms with Gasteiger partial charge >= 0.3 is 5.97 Å². The lowest BCUT2D eigenvalue weighted by molar-refractivity contribution is -0.145. The molecule has 0 radical (unpaired) electrons. The summed E-state index contributed by atoms with van der Waals surface area (Å²) in [5.74, 6) is -3.69. The standard InChI is InChI=1S/C13H15N3O4/c14-6-8-10(12(18)15-8)16-11(17)9(13(19)20)7-4-2-1-3-5-7/h1-5,8-10H,6,14H2,(H,15,18)(H,16,17)(H,19,20)/t8-,9?,10+/m1/s1. The molecule has 3 atom stereocenters. The summed E-state index contributed by atoms with van der Waals surface area (Å²) in [5, 5.41) is 14.2. The number of hydrogen-bond donors (Lipinski definition) is 4. The number of amides is 2. The van der Waals surface area contributed by atoms with E-state index in [0.29, 0.717) is 5.56 Å². The van der Waals surface area contributed by atoms with E-state index in [1.165, 1.54) is 0 Å². The molecule has 1 saturated heterocycles. The molecule has 2 rings (SSSR count). The van der Waals surface area contributed by atoms with Gasteiger partial charge in [0.25, 0.3) is 0 Å². The average molecular weight is 277 g/mol. The van der Waals surface area contributed by atoms with Gasteiger partial charge in [-0.05, 0) is 5.56 Å². The molecule has 0 spiro atoms. The summed E-state index contributed by atoms with van der Waals surface area (Å²) in [6.45, 7) is 0.180. The molecule has 1 fully saturated rings. The molecule has 1 aliphatic rings. The maximum atomic E-state index is 12.1. The van der Waals surface area contributed by atoms with Crippen LogP contribution in [0.1, 0.15) is 11.5 Å². The quantitative estimate of drug-likeness (QED) is 0.398. The van der Waals surface area contributed by atoms with E-state index in [9.17, 15) is 19.5 Å². The molecule has 2 amide bonds. The van der Waals surface area contributed by atoms with Gasteiger partial charge in [0.15, 0.2) is 5.92 Å². The Labute approximate surface area is 115 Å². The Morgan fingerprint density at radius 2 is 2.00 bits per heavy atom. The third-order valence-corrected chi connectivity index (χ3v) is 3.21. The zero-order chi connectivity index (χ0) is 14.7. The van der Waals surface area contributed by atoms with Gasteiger partial charge < -0.3 is 21.5 Å². The van der Waals surface area contributed by atoms with E-state index < -0.39 is 23.8 Å². The highest BCUT2D eigenvalue weighted by Gasteiger charge is 2.41. The number of carbonyl (C=O) groups excluding carboxylic acids is 2. The van der Waals surface area contributed by atoms with Crippen LogP contribution in [0.5, 0.6) is 0 Å². The van der Waals surface area contributed by atoms with Gasteiger partial charge in [-0.15, -0.1) is 0 Å². The second-order valence-electron chi connectivity index (χ2n) is 4.52. The van der Waals surface area contributed by atoms with Crippen molar-refractivity contribution in [3.63, 3.8) is 0 Å². The van der Waals surface area contributed by atoms with Crippen LogP contribution in [-0.2, 0) is 14.4 Å². The number of nitrogens with two attached hydrogens (primary N) is 1. The highest BCUT2D eigenvalue weighted by atomic mass is 16.4. The maximum absolute atomic E-state index is 12.1. The van der Waals surface area contributed by atoms with E-state index in [1.807, 2.05) is 0 Å². The zero-order valence-corrected chi connectivity index (χ0v) is 10.6. The third-order valence-electron chi connectivity index (χ3n) is 3.21. The van der Waals surface area contributed by atoms with Crippen molar-refractivity contribution in [2.45, 2.75) is 18.0 Å². The number of rotatable bonds is 5. The van der Waals surface area contributed by atoms with Gasteiger partial charge in [0, 0.05) is 6.54 Å². The Balaban J connectivity index is 2.13.